The van der Waals surface area contributed by atoms with Gasteiger partial charge in [-0.05, 0) is 17.7 Å². The monoisotopic (exact) mass is 233 g/mol. The summed E-state index contributed by atoms with van der Waals surface area (Å²) in [5, 5.41) is 1.94. The van der Waals surface area contributed by atoms with Gasteiger partial charge in [0.25, 0.3) is 0 Å². The molecule has 2 heterocycles. The highest BCUT2D eigenvalue weighted by Crippen LogP contribution is 2.39. The summed E-state index contributed by atoms with van der Waals surface area (Å²) < 4.78 is 5.14. The Morgan fingerprint density at radius 2 is 2.12 bits per heavy atom. The number of hydrogen-bond donors (Lipinski definition) is 0. The van der Waals surface area contributed by atoms with E-state index in [-0.39, 0.29) is 12.0 Å². The molecule has 2 aliphatic heterocycles. The standard InChI is InChI=1S/C13H15NO3/c1-16-10-4-2-9(3-5-10)13-11-8-17-14(13)7-6-12(11)15/h2-5,11,13H,6-8H2,1H3/t11-,13-/m0/s1. The highest BCUT2D eigenvalue weighted by molar-refractivity contribution is 5.83. The van der Waals surface area contributed by atoms with E-state index in [1.54, 1.807) is 7.11 Å². The number of rotatable bonds is 2. The SMILES string of the molecule is COc1ccc([C@H]2[C@H]3CON2CCC3=O)cc1. The third kappa shape index (κ3) is 1.73. The van der Waals surface area contributed by atoms with Crippen LogP contribution in [0.4, 0.5) is 0 Å². The number of carbonyl (C=O) groups excluding carboxylic acids is 1. The van der Waals surface area contributed by atoms with Gasteiger partial charge in [0.1, 0.15) is 11.5 Å². The van der Waals surface area contributed by atoms with Gasteiger partial charge < -0.3 is 4.74 Å². The van der Waals surface area contributed by atoms with Crippen molar-refractivity contribution in [2.45, 2.75) is 12.5 Å². The van der Waals surface area contributed by atoms with Gasteiger partial charge in [-0.15, -0.1) is 0 Å². The fourth-order valence-electron chi connectivity index (χ4n) is 2.63. The highest BCUT2D eigenvalue weighted by Gasteiger charge is 2.44. The van der Waals surface area contributed by atoms with E-state index in [2.05, 4.69) is 0 Å². The fourth-order valence-corrected chi connectivity index (χ4v) is 2.63. The van der Waals surface area contributed by atoms with Crippen LogP contribution in [0.15, 0.2) is 24.3 Å². The van der Waals surface area contributed by atoms with Gasteiger partial charge in [-0.1, -0.05) is 12.1 Å². The Hall–Kier alpha value is -1.39. The van der Waals surface area contributed by atoms with Crippen LogP contribution < -0.4 is 4.74 Å². The van der Waals surface area contributed by atoms with Crippen LogP contribution in [0, 0.1) is 5.92 Å². The molecule has 3 atom stereocenters. The number of fused-ring (bicyclic) bond motifs is 2. The zero-order chi connectivity index (χ0) is 11.8. The van der Waals surface area contributed by atoms with Crippen LogP contribution in [0.3, 0.4) is 0 Å². The van der Waals surface area contributed by atoms with E-state index >= 15 is 0 Å². The lowest BCUT2D eigenvalue weighted by Gasteiger charge is -2.29. The normalized spacial score (nSPS) is 31.6. The van der Waals surface area contributed by atoms with E-state index in [1.165, 1.54) is 0 Å². The summed E-state index contributed by atoms with van der Waals surface area (Å²) in [7, 11) is 1.65. The van der Waals surface area contributed by atoms with Gasteiger partial charge in [-0.25, -0.2) is 0 Å². The second-order valence-electron chi connectivity index (χ2n) is 4.48. The van der Waals surface area contributed by atoms with Crippen LogP contribution in [0.25, 0.3) is 0 Å². The molecule has 2 fully saturated rings. The lowest BCUT2D eigenvalue weighted by molar-refractivity contribution is -0.144. The van der Waals surface area contributed by atoms with Crippen molar-refractivity contribution in [1.29, 1.82) is 0 Å². The molecule has 4 nitrogen and oxygen atoms in total. The Labute approximate surface area is 100 Å². The number of ketones is 1. The largest absolute Gasteiger partial charge is 0.497 e. The third-order valence-electron chi connectivity index (χ3n) is 3.56. The first-order valence-corrected chi connectivity index (χ1v) is 5.86. The number of carbonyl (C=O) groups is 1. The first kappa shape index (κ1) is 10.7. The Bertz CT molecular complexity index is 429. The predicted octanol–water partition coefficient (Wildman–Crippen LogP) is 1.57. The predicted molar refractivity (Wildman–Crippen MR) is 61.5 cm³/mol. The molecule has 2 saturated heterocycles. The number of Topliss-reactive ketones (excluding diaryl/α,β-unsaturated/α-hetero) is 1. The van der Waals surface area contributed by atoms with Gasteiger partial charge >= 0.3 is 0 Å². The minimum atomic E-state index is -0.00264. The van der Waals surface area contributed by atoms with Crippen molar-refractivity contribution >= 4 is 5.78 Å². The zero-order valence-corrected chi connectivity index (χ0v) is 9.76. The molecule has 4 heteroatoms. The third-order valence-corrected chi connectivity index (χ3v) is 3.56. The second-order valence-corrected chi connectivity index (χ2v) is 4.48. The van der Waals surface area contributed by atoms with Gasteiger partial charge in [-0.3, -0.25) is 9.63 Å². The minimum absolute atomic E-state index is 0.00264. The van der Waals surface area contributed by atoms with Crippen molar-refractivity contribution < 1.29 is 14.4 Å². The van der Waals surface area contributed by atoms with Crippen molar-refractivity contribution in [2.24, 2.45) is 5.92 Å². The quantitative estimate of drug-likeness (QED) is 0.777. The number of piperidine rings is 1. The van der Waals surface area contributed by atoms with Crippen LogP contribution in [0.2, 0.25) is 0 Å². The van der Waals surface area contributed by atoms with E-state index in [0.29, 0.717) is 25.4 Å². The summed E-state index contributed by atoms with van der Waals surface area (Å²) in [4.78, 5) is 17.4. The smallest absolute Gasteiger partial charge is 0.141 e. The Morgan fingerprint density at radius 3 is 2.82 bits per heavy atom. The molecule has 17 heavy (non-hydrogen) atoms. The summed E-state index contributed by atoms with van der Waals surface area (Å²) in [6.45, 7) is 1.22. The minimum Gasteiger partial charge on any atom is -0.497 e. The molecular weight excluding hydrogens is 218 g/mol. The molecule has 90 valence electrons. The van der Waals surface area contributed by atoms with Crippen molar-refractivity contribution in [2.75, 3.05) is 20.3 Å². The first-order valence-electron chi connectivity index (χ1n) is 5.86. The maximum Gasteiger partial charge on any atom is 0.141 e. The maximum absolute atomic E-state index is 11.8. The number of hydrogen-bond acceptors (Lipinski definition) is 4. The number of methoxy groups -OCH3 is 1. The van der Waals surface area contributed by atoms with Crippen LogP contribution in [0.5, 0.6) is 5.75 Å². The van der Waals surface area contributed by atoms with Gasteiger partial charge in [0.15, 0.2) is 0 Å². The summed E-state index contributed by atoms with van der Waals surface area (Å²) in [5.41, 5.74) is 1.13. The number of ether oxygens (including phenoxy) is 1. The van der Waals surface area contributed by atoms with E-state index < -0.39 is 0 Å². The molecule has 0 aromatic heterocycles. The summed E-state index contributed by atoms with van der Waals surface area (Å²) >= 11 is 0. The maximum atomic E-state index is 11.8. The average Bonchev–Trinajstić information content (AvgIpc) is 2.71. The molecule has 0 saturated carbocycles. The van der Waals surface area contributed by atoms with Crippen molar-refractivity contribution in [1.82, 2.24) is 5.06 Å². The van der Waals surface area contributed by atoms with Crippen molar-refractivity contribution in [3.63, 3.8) is 0 Å². The molecule has 1 unspecified atom stereocenters. The van der Waals surface area contributed by atoms with E-state index in [1.807, 2.05) is 29.3 Å². The van der Waals surface area contributed by atoms with Crippen LogP contribution >= 0.6 is 0 Å². The number of nitrogens with zero attached hydrogens (tertiary/aromatic N) is 1. The molecule has 0 N–H and O–H groups in total. The van der Waals surface area contributed by atoms with Gasteiger partial charge in [0.05, 0.1) is 25.7 Å². The summed E-state index contributed by atoms with van der Waals surface area (Å²) in [5.74, 6) is 1.15. The van der Waals surface area contributed by atoms with Gasteiger partial charge in [-0.2, -0.15) is 5.06 Å². The molecule has 0 aliphatic carbocycles. The van der Waals surface area contributed by atoms with E-state index in [4.69, 9.17) is 9.57 Å². The molecular formula is C13H15NO3. The topological polar surface area (TPSA) is 38.8 Å². The summed E-state index contributed by atoms with van der Waals surface area (Å²) in [6, 6.07) is 7.96. The molecule has 3 rings (SSSR count). The van der Waals surface area contributed by atoms with Crippen molar-refractivity contribution in [3.8, 4) is 5.75 Å². The first-order chi connectivity index (χ1) is 8.29. The zero-order valence-electron chi connectivity index (χ0n) is 9.76. The number of benzene rings is 1. The Kier molecular flexibility index (Phi) is 2.61. The average molecular weight is 233 g/mol. The van der Waals surface area contributed by atoms with E-state index in [9.17, 15) is 4.79 Å². The number of hydroxylamine groups is 2. The molecule has 2 bridgehead atoms. The van der Waals surface area contributed by atoms with Crippen LogP contribution in [-0.4, -0.2) is 31.1 Å². The molecule has 0 radical (unpaired) electrons. The van der Waals surface area contributed by atoms with Gasteiger partial charge in [0, 0.05) is 13.0 Å². The molecule has 2 aliphatic rings. The molecule has 1 aromatic carbocycles. The van der Waals surface area contributed by atoms with Crippen molar-refractivity contribution in [3.05, 3.63) is 29.8 Å². The second kappa shape index (κ2) is 4.13. The Balaban J connectivity index is 1.90. The highest BCUT2D eigenvalue weighted by atomic mass is 16.7. The van der Waals surface area contributed by atoms with Crippen LogP contribution in [-0.2, 0) is 9.63 Å². The van der Waals surface area contributed by atoms with Crippen LogP contribution in [0.1, 0.15) is 18.0 Å². The Morgan fingerprint density at radius 1 is 1.35 bits per heavy atom. The van der Waals surface area contributed by atoms with Gasteiger partial charge in [0.2, 0.25) is 0 Å². The van der Waals surface area contributed by atoms with E-state index in [0.717, 1.165) is 11.3 Å². The summed E-state index contributed by atoms with van der Waals surface area (Å²) in [6.07, 6.45) is 0.608. The molecule has 1 aromatic rings. The molecule has 0 amide bonds. The molecule has 0 spiro atoms. The lowest BCUT2D eigenvalue weighted by atomic mass is 9.87. The lowest BCUT2D eigenvalue weighted by Crippen LogP contribution is -2.35. The fraction of sp³-hybridized carbons (Fsp3) is 0.462.